The number of aromatic nitrogens is 2. The van der Waals surface area contributed by atoms with Gasteiger partial charge in [0.2, 0.25) is 5.91 Å². The Morgan fingerprint density at radius 1 is 1.29 bits per heavy atom. The van der Waals surface area contributed by atoms with E-state index in [4.69, 9.17) is 0 Å². The average Bonchev–Trinajstić information content (AvgIpc) is 2.97. The fourth-order valence-corrected chi connectivity index (χ4v) is 3.73. The van der Waals surface area contributed by atoms with E-state index in [1.807, 2.05) is 30.4 Å². The highest BCUT2D eigenvalue weighted by molar-refractivity contribution is 6.11. The highest BCUT2D eigenvalue weighted by Gasteiger charge is 2.35. The number of aromatic amines is 1. The minimum Gasteiger partial charge on any atom is -0.362 e. The van der Waals surface area contributed by atoms with Gasteiger partial charge < -0.3 is 14.8 Å². The highest BCUT2D eigenvalue weighted by Crippen LogP contribution is 2.41. The molecule has 1 saturated carbocycles. The van der Waals surface area contributed by atoms with Gasteiger partial charge in [-0.2, -0.15) is 0 Å². The molecule has 2 aromatic heterocycles. The van der Waals surface area contributed by atoms with Crippen molar-refractivity contribution in [3.63, 3.8) is 0 Å². The van der Waals surface area contributed by atoms with Crippen LogP contribution in [0.4, 0.5) is 11.4 Å². The van der Waals surface area contributed by atoms with Gasteiger partial charge in [-0.1, -0.05) is 19.3 Å². The number of carbonyl (C=O) groups is 1. The van der Waals surface area contributed by atoms with Crippen LogP contribution in [-0.4, -0.2) is 35.5 Å². The fourth-order valence-electron chi connectivity index (χ4n) is 3.73. The summed E-state index contributed by atoms with van der Waals surface area (Å²) in [6.45, 7) is 0.446. The van der Waals surface area contributed by atoms with Gasteiger partial charge in [0.25, 0.3) is 0 Å². The van der Waals surface area contributed by atoms with Gasteiger partial charge in [0.05, 0.1) is 24.1 Å². The molecule has 0 aromatic carbocycles. The maximum atomic E-state index is 12.7. The summed E-state index contributed by atoms with van der Waals surface area (Å²) in [5.74, 6) is 0.214. The summed E-state index contributed by atoms with van der Waals surface area (Å²) in [6, 6.07) is 2.38. The third-order valence-corrected chi connectivity index (χ3v) is 4.77. The van der Waals surface area contributed by atoms with Crippen molar-refractivity contribution in [3.8, 4) is 0 Å². The van der Waals surface area contributed by atoms with E-state index < -0.39 is 0 Å². The minimum atomic E-state index is 0.214. The van der Waals surface area contributed by atoms with E-state index in [-0.39, 0.29) is 5.91 Å². The summed E-state index contributed by atoms with van der Waals surface area (Å²) >= 11 is 0. The number of carbonyl (C=O) groups excluding carboxylic acids is 1. The van der Waals surface area contributed by atoms with Gasteiger partial charge in [0.1, 0.15) is 5.65 Å². The predicted octanol–water partition coefficient (Wildman–Crippen LogP) is 2.68. The topological polar surface area (TPSA) is 52.2 Å². The van der Waals surface area contributed by atoms with Crippen LogP contribution in [0.3, 0.4) is 0 Å². The first-order valence-corrected chi connectivity index (χ1v) is 7.75. The molecule has 5 nitrogen and oxygen atoms in total. The first-order chi connectivity index (χ1) is 10.3. The smallest absolute Gasteiger partial charge is 0.246 e. The molecule has 2 aliphatic rings. The molecule has 1 aliphatic heterocycles. The molecule has 0 unspecified atom stereocenters. The number of nitrogens with one attached hydrogen (secondary N) is 1. The van der Waals surface area contributed by atoms with Crippen molar-refractivity contribution in [2.24, 2.45) is 0 Å². The summed E-state index contributed by atoms with van der Waals surface area (Å²) in [6.07, 6.45) is 9.75. The van der Waals surface area contributed by atoms with Gasteiger partial charge in [-0.25, -0.2) is 4.98 Å². The molecule has 0 spiro atoms. The zero-order chi connectivity index (χ0) is 14.4. The number of rotatable bonds is 1. The number of H-pyrrole nitrogens is 1. The number of nitrogens with zero attached hydrogens (tertiary/aromatic N) is 3. The van der Waals surface area contributed by atoms with Crippen LogP contribution in [0.2, 0.25) is 0 Å². The normalized spacial score (nSPS) is 20.1. The lowest BCUT2D eigenvalue weighted by molar-refractivity contribution is -0.118. The van der Waals surface area contributed by atoms with Crippen LogP contribution in [-0.2, 0) is 4.79 Å². The van der Waals surface area contributed by atoms with E-state index in [1.165, 1.54) is 19.3 Å². The summed E-state index contributed by atoms with van der Waals surface area (Å²) in [4.78, 5) is 24.4. The molecule has 1 aliphatic carbocycles. The van der Waals surface area contributed by atoms with E-state index in [0.29, 0.717) is 12.6 Å². The third-order valence-electron chi connectivity index (χ3n) is 4.77. The van der Waals surface area contributed by atoms with Crippen LogP contribution >= 0.6 is 0 Å². The van der Waals surface area contributed by atoms with Gasteiger partial charge in [0.15, 0.2) is 0 Å². The van der Waals surface area contributed by atoms with Crippen LogP contribution in [0.25, 0.3) is 11.0 Å². The van der Waals surface area contributed by atoms with Gasteiger partial charge in [-0.05, 0) is 18.9 Å². The Bertz CT molecular complexity index is 687. The van der Waals surface area contributed by atoms with Gasteiger partial charge in [0, 0.05) is 24.7 Å². The van der Waals surface area contributed by atoms with E-state index in [2.05, 4.69) is 14.9 Å². The lowest BCUT2D eigenvalue weighted by atomic mass is 9.92. The number of anilines is 2. The van der Waals surface area contributed by atoms with Gasteiger partial charge in [-0.15, -0.1) is 0 Å². The molecule has 4 rings (SSSR count). The second-order valence-corrected chi connectivity index (χ2v) is 6.14. The molecule has 0 saturated heterocycles. The number of hydrogen-bond acceptors (Lipinski definition) is 3. The molecule has 2 aromatic rings. The molecule has 0 atom stereocenters. The zero-order valence-electron chi connectivity index (χ0n) is 12.3. The summed E-state index contributed by atoms with van der Waals surface area (Å²) in [5.41, 5.74) is 2.97. The molecule has 5 heteroatoms. The fraction of sp³-hybridized carbons (Fsp3) is 0.500. The monoisotopic (exact) mass is 284 g/mol. The Labute approximate surface area is 123 Å². The molecule has 1 fully saturated rings. The number of hydrogen-bond donors (Lipinski definition) is 1. The van der Waals surface area contributed by atoms with E-state index >= 15 is 0 Å². The number of fused-ring (bicyclic) bond motifs is 3. The van der Waals surface area contributed by atoms with Crippen LogP contribution in [0.5, 0.6) is 0 Å². The van der Waals surface area contributed by atoms with Crippen LogP contribution < -0.4 is 9.80 Å². The van der Waals surface area contributed by atoms with Crippen molar-refractivity contribution in [2.75, 3.05) is 23.4 Å². The number of pyridine rings is 1. The first-order valence-electron chi connectivity index (χ1n) is 7.75. The summed E-state index contributed by atoms with van der Waals surface area (Å²) < 4.78 is 0. The van der Waals surface area contributed by atoms with E-state index in [0.717, 1.165) is 35.2 Å². The van der Waals surface area contributed by atoms with E-state index in [9.17, 15) is 4.79 Å². The molecular weight excluding hydrogens is 264 g/mol. The third kappa shape index (κ3) is 1.91. The minimum absolute atomic E-state index is 0.214. The average molecular weight is 284 g/mol. The van der Waals surface area contributed by atoms with Crippen LogP contribution in [0.15, 0.2) is 18.5 Å². The van der Waals surface area contributed by atoms with Crippen LogP contribution in [0.1, 0.15) is 32.1 Å². The predicted molar refractivity (Wildman–Crippen MR) is 83.7 cm³/mol. The maximum Gasteiger partial charge on any atom is 0.246 e. The molecule has 1 amide bonds. The lowest BCUT2D eigenvalue weighted by Gasteiger charge is -2.41. The first kappa shape index (κ1) is 12.7. The van der Waals surface area contributed by atoms with Crippen molar-refractivity contribution in [1.29, 1.82) is 0 Å². The molecule has 21 heavy (non-hydrogen) atoms. The number of likely N-dealkylation sites (N-methyl/N-ethyl adjacent to an activating group) is 1. The largest absolute Gasteiger partial charge is 0.362 e. The van der Waals surface area contributed by atoms with Crippen LogP contribution in [0, 0.1) is 0 Å². The Hall–Kier alpha value is -2.04. The Balaban J connectivity index is 1.89. The van der Waals surface area contributed by atoms with Gasteiger partial charge >= 0.3 is 0 Å². The molecule has 1 N–H and O–H groups in total. The summed E-state index contributed by atoms with van der Waals surface area (Å²) in [7, 11) is 1.97. The number of amides is 1. The zero-order valence-corrected chi connectivity index (χ0v) is 12.3. The Morgan fingerprint density at radius 3 is 2.90 bits per heavy atom. The van der Waals surface area contributed by atoms with Crippen molar-refractivity contribution in [2.45, 2.75) is 38.1 Å². The highest BCUT2D eigenvalue weighted by atomic mass is 16.2. The Kier molecular flexibility index (Phi) is 2.87. The SMILES string of the molecule is CN1CC(=O)N(C2CCCCC2)c2c1cnc1[nH]ccc21. The maximum absolute atomic E-state index is 12.7. The molecular formula is C16H20N4O. The quantitative estimate of drug-likeness (QED) is 0.876. The van der Waals surface area contributed by atoms with Gasteiger partial charge in [-0.3, -0.25) is 4.79 Å². The standard InChI is InChI=1S/C16H20N4O/c1-19-10-14(21)20(11-5-3-2-4-6-11)15-12-7-8-17-16(12)18-9-13(15)19/h7-9,11H,2-6,10H2,1H3,(H,17,18). The van der Waals surface area contributed by atoms with Crippen molar-refractivity contribution in [1.82, 2.24) is 9.97 Å². The van der Waals surface area contributed by atoms with Crippen molar-refractivity contribution < 1.29 is 4.79 Å². The van der Waals surface area contributed by atoms with Crippen molar-refractivity contribution in [3.05, 3.63) is 18.5 Å². The Morgan fingerprint density at radius 2 is 2.10 bits per heavy atom. The molecule has 0 radical (unpaired) electrons. The van der Waals surface area contributed by atoms with Crippen molar-refractivity contribution >= 4 is 28.3 Å². The summed E-state index contributed by atoms with van der Waals surface area (Å²) in [5, 5.41) is 1.05. The van der Waals surface area contributed by atoms with E-state index in [1.54, 1.807) is 0 Å². The molecule has 110 valence electrons. The molecule has 0 bridgehead atoms. The second-order valence-electron chi connectivity index (χ2n) is 6.14. The second kappa shape index (κ2) is 4.76. The molecule has 3 heterocycles. The lowest BCUT2D eigenvalue weighted by Crippen LogP contribution is -2.50.